The predicted octanol–water partition coefficient (Wildman–Crippen LogP) is 5.03. The molecule has 0 heteroatoms. The van der Waals surface area contributed by atoms with E-state index < -0.39 is 0 Å². The summed E-state index contributed by atoms with van der Waals surface area (Å²) in [5.74, 6) is 1.13. The standard InChI is InChI=1S/C5H10.C5H12.C2H6/c1-2-5-3-4-5;1-3-5-4-2;1-2/h5H,2-4H2,1H3;3-5H2,1-2H3;1-2H3. The minimum absolute atomic E-state index is 1.13. The van der Waals surface area contributed by atoms with E-state index in [1.807, 2.05) is 13.8 Å². The van der Waals surface area contributed by atoms with Crippen molar-refractivity contribution >= 4 is 0 Å². The van der Waals surface area contributed by atoms with Gasteiger partial charge in [-0.15, -0.1) is 0 Å². The molecule has 0 N–H and O–H groups in total. The first-order valence-electron chi connectivity index (χ1n) is 5.85. The summed E-state index contributed by atoms with van der Waals surface area (Å²) in [6.07, 6.45) is 8.51. The third-order valence-corrected chi connectivity index (χ3v) is 1.98. The SMILES string of the molecule is CC.CCC1CC1.CCCCC. The van der Waals surface area contributed by atoms with Gasteiger partial charge in [0.05, 0.1) is 0 Å². The van der Waals surface area contributed by atoms with Gasteiger partial charge >= 0.3 is 0 Å². The van der Waals surface area contributed by atoms with Crippen LogP contribution in [0, 0.1) is 5.92 Å². The molecule has 76 valence electrons. The summed E-state index contributed by atoms with van der Waals surface area (Å²) in [6.45, 7) is 10.7. The molecule has 0 spiro atoms. The highest BCUT2D eigenvalue weighted by Crippen LogP contribution is 2.31. The topological polar surface area (TPSA) is 0 Å². The Kier molecular flexibility index (Phi) is 16.4. The molecule has 0 unspecified atom stereocenters. The van der Waals surface area contributed by atoms with Crippen molar-refractivity contribution in [2.24, 2.45) is 5.92 Å². The summed E-state index contributed by atoms with van der Waals surface area (Å²) in [5.41, 5.74) is 0. The van der Waals surface area contributed by atoms with E-state index in [1.54, 1.807) is 0 Å². The molecule has 0 nitrogen and oxygen atoms in total. The lowest BCUT2D eigenvalue weighted by molar-refractivity contribution is 0.772. The highest BCUT2D eigenvalue weighted by molar-refractivity contribution is 4.69. The first kappa shape index (κ1) is 14.5. The molecule has 0 bridgehead atoms. The Balaban J connectivity index is 0. The highest BCUT2D eigenvalue weighted by atomic mass is 14.2. The van der Waals surface area contributed by atoms with Gasteiger partial charge in [0.25, 0.3) is 0 Å². The maximum Gasteiger partial charge on any atom is -0.0417 e. The molecule has 1 saturated carbocycles. The van der Waals surface area contributed by atoms with Crippen LogP contribution in [-0.2, 0) is 0 Å². The van der Waals surface area contributed by atoms with Crippen LogP contribution in [0.2, 0.25) is 0 Å². The zero-order valence-electron chi connectivity index (χ0n) is 9.82. The van der Waals surface area contributed by atoms with E-state index in [2.05, 4.69) is 20.8 Å². The van der Waals surface area contributed by atoms with Gasteiger partial charge in [-0.1, -0.05) is 73.1 Å². The lowest BCUT2D eigenvalue weighted by Gasteiger charge is -1.79. The van der Waals surface area contributed by atoms with E-state index >= 15 is 0 Å². The normalized spacial score (nSPS) is 13.8. The number of unbranched alkanes of at least 4 members (excludes halogenated alkanes) is 2. The summed E-state index contributed by atoms with van der Waals surface area (Å²) in [7, 11) is 0. The zero-order valence-corrected chi connectivity index (χ0v) is 9.82. The van der Waals surface area contributed by atoms with Crippen molar-refractivity contribution in [3.8, 4) is 0 Å². The van der Waals surface area contributed by atoms with E-state index in [0.29, 0.717) is 0 Å². The molecule has 0 heterocycles. The molecule has 1 rings (SSSR count). The van der Waals surface area contributed by atoms with E-state index in [4.69, 9.17) is 0 Å². The van der Waals surface area contributed by atoms with Crippen molar-refractivity contribution in [3.05, 3.63) is 0 Å². The number of hydrogen-bond donors (Lipinski definition) is 0. The lowest BCUT2D eigenvalue weighted by Crippen LogP contribution is -1.59. The second kappa shape index (κ2) is 13.6. The molecule has 0 saturated heterocycles. The van der Waals surface area contributed by atoms with Crippen LogP contribution in [0.15, 0.2) is 0 Å². The lowest BCUT2D eigenvalue weighted by atomic mass is 10.3. The Morgan fingerprint density at radius 2 is 1.33 bits per heavy atom. The molecular weight excluding hydrogens is 144 g/mol. The quantitative estimate of drug-likeness (QED) is 0.560. The smallest absolute Gasteiger partial charge is 0.0417 e. The fourth-order valence-corrected chi connectivity index (χ4v) is 0.880. The Labute approximate surface area is 79.8 Å². The monoisotopic (exact) mass is 172 g/mol. The highest BCUT2D eigenvalue weighted by Gasteiger charge is 2.17. The van der Waals surface area contributed by atoms with Crippen molar-refractivity contribution < 1.29 is 0 Å². The van der Waals surface area contributed by atoms with Gasteiger partial charge in [0, 0.05) is 0 Å². The zero-order chi connectivity index (χ0) is 9.82. The average Bonchev–Trinajstić information content (AvgIpc) is 2.93. The van der Waals surface area contributed by atoms with Crippen LogP contribution in [0.3, 0.4) is 0 Å². The number of rotatable bonds is 3. The Bertz CT molecular complexity index is 51.1. The van der Waals surface area contributed by atoms with Gasteiger partial charge in [0.1, 0.15) is 0 Å². The Morgan fingerprint density at radius 1 is 0.917 bits per heavy atom. The van der Waals surface area contributed by atoms with Gasteiger partial charge in [-0.3, -0.25) is 0 Å². The Morgan fingerprint density at radius 3 is 1.33 bits per heavy atom. The van der Waals surface area contributed by atoms with Crippen LogP contribution in [0.4, 0.5) is 0 Å². The summed E-state index contributed by atoms with van der Waals surface area (Å²) < 4.78 is 0. The van der Waals surface area contributed by atoms with Gasteiger partial charge in [0.15, 0.2) is 0 Å². The van der Waals surface area contributed by atoms with Crippen LogP contribution in [0.5, 0.6) is 0 Å². The summed E-state index contributed by atoms with van der Waals surface area (Å²) in [6, 6.07) is 0. The van der Waals surface area contributed by atoms with Crippen LogP contribution >= 0.6 is 0 Å². The van der Waals surface area contributed by atoms with Crippen molar-refractivity contribution in [2.75, 3.05) is 0 Å². The van der Waals surface area contributed by atoms with Crippen LogP contribution in [-0.4, -0.2) is 0 Å². The molecule has 0 aromatic carbocycles. The molecule has 0 aromatic heterocycles. The maximum atomic E-state index is 2.26. The van der Waals surface area contributed by atoms with Gasteiger partial charge in [-0.05, 0) is 5.92 Å². The molecule has 0 atom stereocenters. The van der Waals surface area contributed by atoms with Crippen LogP contribution in [0.25, 0.3) is 0 Å². The second-order valence-electron chi connectivity index (χ2n) is 3.21. The van der Waals surface area contributed by atoms with Gasteiger partial charge in [-0.2, -0.15) is 0 Å². The number of hydrogen-bond acceptors (Lipinski definition) is 0. The first-order valence-corrected chi connectivity index (χ1v) is 5.85. The minimum atomic E-state index is 1.13. The molecule has 0 aromatic rings. The molecule has 1 aliphatic rings. The summed E-state index contributed by atoms with van der Waals surface area (Å²) in [4.78, 5) is 0. The van der Waals surface area contributed by atoms with E-state index in [0.717, 1.165) is 5.92 Å². The summed E-state index contributed by atoms with van der Waals surface area (Å²) in [5, 5.41) is 0. The maximum absolute atomic E-state index is 2.26. The molecule has 1 aliphatic carbocycles. The van der Waals surface area contributed by atoms with Crippen LogP contribution < -0.4 is 0 Å². The van der Waals surface area contributed by atoms with Crippen molar-refractivity contribution in [1.29, 1.82) is 0 Å². The molecule has 0 aliphatic heterocycles. The van der Waals surface area contributed by atoms with Crippen molar-refractivity contribution in [2.45, 2.75) is 73.1 Å². The van der Waals surface area contributed by atoms with Gasteiger partial charge in [0.2, 0.25) is 0 Å². The average molecular weight is 172 g/mol. The summed E-state index contributed by atoms with van der Waals surface area (Å²) >= 11 is 0. The minimum Gasteiger partial charge on any atom is -0.0683 e. The van der Waals surface area contributed by atoms with Gasteiger partial charge in [-0.25, -0.2) is 0 Å². The molecular formula is C12H28. The molecule has 0 amide bonds. The molecule has 12 heavy (non-hydrogen) atoms. The molecule has 0 radical (unpaired) electrons. The van der Waals surface area contributed by atoms with Crippen molar-refractivity contribution in [1.82, 2.24) is 0 Å². The molecule has 1 fully saturated rings. The Hall–Kier alpha value is 0. The fourth-order valence-electron chi connectivity index (χ4n) is 0.880. The predicted molar refractivity (Wildman–Crippen MR) is 59.6 cm³/mol. The third kappa shape index (κ3) is 16.5. The first-order chi connectivity index (χ1) is 5.85. The van der Waals surface area contributed by atoms with Gasteiger partial charge < -0.3 is 0 Å². The fraction of sp³-hybridized carbons (Fsp3) is 1.00. The van der Waals surface area contributed by atoms with E-state index in [9.17, 15) is 0 Å². The second-order valence-corrected chi connectivity index (χ2v) is 3.21. The van der Waals surface area contributed by atoms with Crippen molar-refractivity contribution in [3.63, 3.8) is 0 Å². The largest absolute Gasteiger partial charge is 0.0683 e. The van der Waals surface area contributed by atoms with Crippen LogP contribution in [0.1, 0.15) is 73.1 Å². The van der Waals surface area contributed by atoms with E-state index in [1.165, 1.54) is 38.5 Å². The third-order valence-electron chi connectivity index (χ3n) is 1.98. The van der Waals surface area contributed by atoms with E-state index in [-0.39, 0.29) is 0 Å².